The number of allylic oxidation sites excluding steroid dienone is 1. The first-order valence-electron chi connectivity index (χ1n) is 6.58. The Morgan fingerprint density at radius 2 is 2.10 bits per heavy atom. The summed E-state index contributed by atoms with van der Waals surface area (Å²) in [6.07, 6.45) is 4.87. The van der Waals surface area contributed by atoms with Gasteiger partial charge in [-0.1, -0.05) is 12.7 Å². The van der Waals surface area contributed by atoms with Crippen molar-refractivity contribution in [2.45, 2.75) is 0 Å². The number of likely N-dealkylation sites (N-methyl/N-ethyl adjacent to an activating group) is 1. The number of anilines is 1. The largest absolute Gasteiger partial charge is 0.368 e. The van der Waals surface area contributed by atoms with Gasteiger partial charge in [-0.05, 0) is 19.2 Å². The van der Waals surface area contributed by atoms with Crippen molar-refractivity contribution in [1.82, 2.24) is 9.88 Å². The summed E-state index contributed by atoms with van der Waals surface area (Å²) in [6, 6.07) is 3.87. The Bertz CT molecular complexity index is 497. The minimum Gasteiger partial charge on any atom is -0.368 e. The van der Waals surface area contributed by atoms with Gasteiger partial charge in [0.05, 0.1) is 11.9 Å². The lowest BCUT2D eigenvalue weighted by atomic mass is 10.3. The first-order chi connectivity index (χ1) is 9.69. The first kappa shape index (κ1) is 14.2. The van der Waals surface area contributed by atoms with E-state index in [-0.39, 0.29) is 5.96 Å². The number of nitrogens with zero attached hydrogens (tertiary/aromatic N) is 5. The first-order valence-corrected chi connectivity index (χ1v) is 6.58. The average Bonchev–Trinajstić information content (AvgIpc) is 2.47. The fourth-order valence-corrected chi connectivity index (χ4v) is 1.97. The third-order valence-electron chi connectivity index (χ3n) is 3.14. The van der Waals surface area contributed by atoms with Crippen molar-refractivity contribution in [2.24, 2.45) is 15.7 Å². The van der Waals surface area contributed by atoms with E-state index in [1.165, 1.54) is 6.21 Å². The number of pyridine rings is 1. The second-order valence-corrected chi connectivity index (χ2v) is 4.65. The molecule has 1 aromatic heterocycles. The molecule has 0 aromatic carbocycles. The summed E-state index contributed by atoms with van der Waals surface area (Å²) in [6.45, 7) is 7.71. The second-order valence-electron chi connectivity index (χ2n) is 4.65. The van der Waals surface area contributed by atoms with Gasteiger partial charge in [-0.3, -0.25) is 0 Å². The normalized spacial score (nSPS) is 17.6. The SMILES string of the molecule is C=C/C=N/C(N)=Nc1ccc(N2CCN(C)CC2)cn1. The monoisotopic (exact) mass is 272 g/mol. The number of aliphatic imine (C=N–C) groups is 2. The number of hydrogen-bond acceptors (Lipinski definition) is 4. The van der Waals surface area contributed by atoms with Crippen molar-refractivity contribution in [3.05, 3.63) is 31.0 Å². The van der Waals surface area contributed by atoms with Gasteiger partial charge in [0.2, 0.25) is 5.96 Å². The van der Waals surface area contributed by atoms with Crippen LogP contribution in [0.2, 0.25) is 0 Å². The molecule has 1 aliphatic heterocycles. The summed E-state index contributed by atoms with van der Waals surface area (Å²) in [5, 5.41) is 0. The highest BCUT2D eigenvalue weighted by Gasteiger charge is 2.14. The van der Waals surface area contributed by atoms with Crippen LogP contribution in [-0.2, 0) is 0 Å². The third-order valence-corrected chi connectivity index (χ3v) is 3.14. The smallest absolute Gasteiger partial charge is 0.221 e. The minimum absolute atomic E-state index is 0.171. The predicted molar refractivity (Wildman–Crippen MR) is 83.9 cm³/mol. The number of piperazine rings is 1. The van der Waals surface area contributed by atoms with Crippen LogP contribution in [-0.4, -0.2) is 55.3 Å². The molecule has 6 nitrogen and oxygen atoms in total. The lowest BCUT2D eigenvalue weighted by Gasteiger charge is -2.33. The van der Waals surface area contributed by atoms with E-state index in [1.807, 2.05) is 18.3 Å². The van der Waals surface area contributed by atoms with E-state index >= 15 is 0 Å². The molecule has 0 atom stereocenters. The molecule has 6 heteroatoms. The average molecular weight is 272 g/mol. The number of hydrogen-bond donors (Lipinski definition) is 1. The predicted octanol–water partition coefficient (Wildman–Crippen LogP) is 1.04. The van der Waals surface area contributed by atoms with Gasteiger partial charge < -0.3 is 15.5 Å². The fourth-order valence-electron chi connectivity index (χ4n) is 1.97. The van der Waals surface area contributed by atoms with E-state index in [0.717, 1.165) is 31.9 Å². The highest BCUT2D eigenvalue weighted by Crippen LogP contribution is 2.18. The van der Waals surface area contributed by atoms with Crippen LogP contribution in [0.5, 0.6) is 0 Å². The van der Waals surface area contributed by atoms with E-state index in [1.54, 1.807) is 6.08 Å². The zero-order chi connectivity index (χ0) is 14.4. The van der Waals surface area contributed by atoms with Crippen molar-refractivity contribution in [3.8, 4) is 0 Å². The third kappa shape index (κ3) is 3.89. The Balaban J connectivity index is 2.03. The lowest BCUT2D eigenvalue weighted by Crippen LogP contribution is -2.44. The van der Waals surface area contributed by atoms with Crippen LogP contribution < -0.4 is 10.6 Å². The molecule has 0 aliphatic carbocycles. The molecule has 0 bridgehead atoms. The van der Waals surface area contributed by atoms with Gasteiger partial charge in [0.1, 0.15) is 0 Å². The van der Waals surface area contributed by atoms with Gasteiger partial charge in [0.15, 0.2) is 5.82 Å². The second kappa shape index (κ2) is 6.81. The number of nitrogens with two attached hydrogens (primary N) is 1. The van der Waals surface area contributed by atoms with Gasteiger partial charge in [-0.25, -0.2) is 9.98 Å². The zero-order valence-corrected chi connectivity index (χ0v) is 11.7. The fraction of sp³-hybridized carbons (Fsp3) is 0.357. The summed E-state index contributed by atoms with van der Waals surface area (Å²) < 4.78 is 0. The van der Waals surface area contributed by atoms with Crippen molar-refractivity contribution in [3.63, 3.8) is 0 Å². The Morgan fingerprint density at radius 3 is 2.70 bits per heavy atom. The molecule has 0 saturated carbocycles. The molecule has 1 aliphatic rings. The van der Waals surface area contributed by atoms with Crippen LogP contribution in [0.3, 0.4) is 0 Å². The number of rotatable bonds is 3. The van der Waals surface area contributed by atoms with Crippen LogP contribution in [0.15, 0.2) is 41.0 Å². The van der Waals surface area contributed by atoms with E-state index in [2.05, 4.69) is 38.4 Å². The molecule has 0 radical (unpaired) electrons. The topological polar surface area (TPSA) is 70.1 Å². The molecule has 0 spiro atoms. The van der Waals surface area contributed by atoms with Crippen molar-refractivity contribution in [1.29, 1.82) is 0 Å². The molecular formula is C14H20N6. The van der Waals surface area contributed by atoms with Crippen LogP contribution in [0.4, 0.5) is 11.5 Å². The maximum Gasteiger partial charge on any atom is 0.221 e. The van der Waals surface area contributed by atoms with Crippen LogP contribution in [0, 0.1) is 0 Å². The van der Waals surface area contributed by atoms with Gasteiger partial charge in [-0.15, -0.1) is 0 Å². The molecule has 1 fully saturated rings. The van der Waals surface area contributed by atoms with Gasteiger partial charge in [0, 0.05) is 32.4 Å². The molecule has 2 N–H and O–H groups in total. The Morgan fingerprint density at radius 1 is 1.35 bits per heavy atom. The Kier molecular flexibility index (Phi) is 4.84. The van der Waals surface area contributed by atoms with Crippen molar-refractivity contribution >= 4 is 23.7 Å². The van der Waals surface area contributed by atoms with Gasteiger partial charge in [-0.2, -0.15) is 4.99 Å². The van der Waals surface area contributed by atoms with Crippen LogP contribution in [0.1, 0.15) is 0 Å². The Labute approximate surface area is 119 Å². The molecule has 0 amide bonds. The van der Waals surface area contributed by atoms with E-state index in [9.17, 15) is 0 Å². The quantitative estimate of drug-likeness (QED) is 0.659. The van der Waals surface area contributed by atoms with E-state index < -0.39 is 0 Å². The maximum absolute atomic E-state index is 5.64. The summed E-state index contributed by atoms with van der Waals surface area (Å²) >= 11 is 0. The van der Waals surface area contributed by atoms with E-state index in [0.29, 0.717) is 5.82 Å². The molecule has 1 saturated heterocycles. The molecule has 2 rings (SSSR count). The highest BCUT2D eigenvalue weighted by atomic mass is 15.2. The molecule has 1 aromatic rings. The standard InChI is InChI=1S/C14H20N6/c1-3-6-16-14(15)18-13-5-4-12(11-17-13)20-9-7-19(2)8-10-20/h3-6,11H,1,7-10H2,2H3,(H2,15,17,18)/b16-6+. The lowest BCUT2D eigenvalue weighted by molar-refractivity contribution is 0.313. The summed E-state index contributed by atoms with van der Waals surface area (Å²) in [4.78, 5) is 16.9. The van der Waals surface area contributed by atoms with Gasteiger partial charge >= 0.3 is 0 Å². The summed E-state index contributed by atoms with van der Waals surface area (Å²) in [5.41, 5.74) is 6.75. The highest BCUT2D eigenvalue weighted by molar-refractivity contribution is 5.90. The van der Waals surface area contributed by atoms with Gasteiger partial charge in [0.25, 0.3) is 0 Å². The molecule has 0 unspecified atom stereocenters. The minimum atomic E-state index is 0.171. The number of guanidine groups is 1. The summed E-state index contributed by atoms with van der Waals surface area (Å²) in [5.74, 6) is 0.728. The molecule has 2 heterocycles. The van der Waals surface area contributed by atoms with E-state index in [4.69, 9.17) is 5.73 Å². The summed E-state index contributed by atoms with van der Waals surface area (Å²) in [7, 11) is 2.14. The van der Waals surface area contributed by atoms with Crippen LogP contribution >= 0.6 is 0 Å². The van der Waals surface area contributed by atoms with Crippen LogP contribution in [0.25, 0.3) is 0 Å². The molecule has 20 heavy (non-hydrogen) atoms. The Hall–Kier alpha value is -2.21. The molecule has 106 valence electrons. The molecular weight excluding hydrogens is 252 g/mol. The zero-order valence-electron chi connectivity index (χ0n) is 11.7. The number of aromatic nitrogens is 1. The van der Waals surface area contributed by atoms with Crippen molar-refractivity contribution in [2.75, 3.05) is 38.1 Å². The maximum atomic E-state index is 5.64. The van der Waals surface area contributed by atoms with Crippen molar-refractivity contribution < 1.29 is 0 Å².